The predicted molar refractivity (Wildman–Crippen MR) is 95.4 cm³/mol. The van der Waals surface area contributed by atoms with Crippen LogP contribution >= 0.6 is 12.2 Å². The fourth-order valence-corrected chi connectivity index (χ4v) is 3.28. The molecule has 0 fully saturated rings. The van der Waals surface area contributed by atoms with Gasteiger partial charge in [0.05, 0.1) is 6.33 Å². The summed E-state index contributed by atoms with van der Waals surface area (Å²) >= 11 is 5.36. The number of halogens is 1. The van der Waals surface area contributed by atoms with Gasteiger partial charge in [0.25, 0.3) is 0 Å². The molecule has 0 unspecified atom stereocenters. The molecule has 3 N–H and O–H groups in total. The molecule has 4 aromatic rings. The van der Waals surface area contributed by atoms with Gasteiger partial charge in [-0.3, -0.25) is 5.10 Å². The van der Waals surface area contributed by atoms with Crippen LogP contribution in [0, 0.1) is 10.6 Å². The summed E-state index contributed by atoms with van der Waals surface area (Å²) in [4.78, 5) is 10.2. The molecule has 0 aliphatic rings. The average molecular weight is 356 g/mol. The number of hydrogen-bond donors (Lipinski definition) is 3. The van der Waals surface area contributed by atoms with E-state index >= 15 is 0 Å². The first-order valence-electron chi connectivity index (χ1n) is 8.07. The minimum Gasteiger partial charge on any atom is -0.361 e. The van der Waals surface area contributed by atoms with Gasteiger partial charge in [0.15, 0.2) is 4.77 Å². The molecule has 0 radical (unpaired) electrons. The third-order valence-corrected chi connectivity index (χ3v) is 4.61. The molecule has 6 nitrogen and oxygen atoms in total. The molecule has 8 heteroatoms. The number of nitrogens with one attached hydrogen (secondary N) is 3. The van der Waals surface area contributed by atoms with Crippen LogP contribution in [0.3, 0.4) is 0 Å². The van der Waals surface area contributed by atoms with Gasteiger partial charge in [0.1, 0.15) is 11.6 Å². The molecule has 0 saturated carbocycles. The number of nitrogens with zero attached hydrogens (tertiary/aromatic N) is 3. The minimum absolute atomic E-state index is 0.248. The molecule has 0 aliphatic carbocycles. The van der Waals surface area contributed by atoms with Crippen molar-refractivity contribution in [3.8, 4) is 0 Å². The molecular weight excluding hydrogens is 339 g/mol. The Morgan fingerprint density at radius 1 is 1.24 bits per heavy atom. The van der Waals surface area contributed by atoms with Gasteiger partial charge < -0.3 is 14.5 Å². The number of benzene rings is 1. The van der Waals surface area contributed by atoms with Crippen LogP contribution in [0.2, 0.25) is 0 Å². The maximum absolute atomic E-state index is 13.3. The van der Waals surface area contributed by atoms with Crippen LogP contribution in [-0.2, 0) is 19.4 Å². The average Bonchev–Trinajstić information content (AvgIpc) is 3.32. The molecule has 0 spiro atoms. The molecule has 1 aromatic carbocycles. The van der Waals surface area contributed by atoms with Crippen LogP contribution in [0.1, 0.15) is 23.5 Å². The summed E-state index contributed by atoms with van der Waals surface area (Å²) in [5.74, 6) is 0.627. The summed E-state index contributed by atoms with van der Waals surface area (Å²) in [6.45, 7) is 0.778. The molecule has 3 aromatic heterocycles. The summed E-state index contributed by atoms with van der Waals surface area (Å²) in [5, 5.41) is 8.24. The van der Waals surface area contributed by atoms with Crippen molar-refractivity contribution in [3.05, 3.63) is 64.6 Å². The Labute approximate surface area is 148 Å². The fourth-order valence-electron chi connectivity index (χ4n) is 3.04. The second-order valence-electron chi connectivity index (χ2n) is 5.96. The lowest BCUT2D eigenvalue weighted by atomic mass is 10.1. The van der Waals surface area contributed by atoms with Crippen molar-refractivity contribution in [2.24, 2.45) is 0 Å². The summed E-state index contributed by atoms with van der Waals surface area (Å²) in [6.07, 6.45) is 7.88. The second-order valence-corrected chi connectivity index (χ2v) is 6.34. The molecule has 0 saturated heterocycles. The molecule has 128 valence electrons. The van der Waals surface area contributed by atoms with Crippen LogP contribution < -0.4 is 0 Å². The van der Waals surface area contributed by atoms with Crippen LogP contribution in [0.4, 0.5) is 4.39 Å². The zero-order chi connectivity index (χ0) is 17.2. The molecular formula is C17H17FN6S. The number of hydrogen-bond acceptors (Lipinski definition) is 3. The van der Waals surface area contributed by atoms with Crippen molar-refractivity contribution in [2.45, 2.75) is 25.8 Å². The predicted octanol–water partition coefficient (Wildman–Crippen LogP) is 3.51. The first-order chi connectivity index (χ1) is 12.2. The van der Waals surface area contributed by atoms with Gasteiger partial charge in [-0.25, -0.2) is 9.37 Å². The highest BCUT2D eigenvalue weighted by molar-refractivity contribution is 7.71. The lowest BCUT2D eigenvalue weighted by Gasteiger charge is -2.06. The monoisotopic (exact) mass is 356 g/mol. The maximum atomic E-state index is 13.3. The Morgan fingerprint density at radius 3 is 3.00 bits per heavy atom. The molecule has 0 bridgehead atoms. The van der Waals surface area contributed by atoms with E-state index in [0.29, 0.717) is 11.2 Å². The van der Waals surface area contributed by atoms with Gasteiger partial charge in [-0.05, 0) is 48.8 Å². The maximum Gasteiger partial charge on any atom is 0.195 e. The van der Waals surface area contributed by atoms with Gasteiger partial charge in [0, 0.05) is 42.0 Å². The zero-order valence-electron chi connectivity index (χ0n) is 13.4. The van der Waals surface area contributed by atoms with Gasteiger partial charge >= 0.3 is 0 Å². The van der Waals surface area contributed by atoms with E-state index < -0.39 is 0 Å². The Hall–Kier alpha value is -2.74. The number of imidazole rings is 1. The number of aromatic nitrogens is 6. The Kier molecular flexibility index (Phi) is 4.19. The number of fused-ring (bicyclic) bond motifs is 1. The molecule has 0 atom stereocenters. The SMILES string of the molecule is Fc1ccc2c(Cc3n[nH]c(=S)n3CCCc3cnc[nH]3)c[nH]c2c1. The van der Waals surface area contributed by atoms with Gasteiger partial charge in [0.2, 0.25) is 0 Å². The van der Waals surface area contributed by atoms with Gasteiger partial charge in [-0.1, -0.05) is 0 Å². The largest absolute Gasteiger partial charge is 0.361 e. The smallest absolute Gasteiger partial charge is 0.195 e. The molecule has 4 rings (SSSR count). The highest BCUT2D eigenvalue weighted by atomic mass is 32.1. The second kappa shape index (κ2) is 6.64. The van der Waals surface area contributed by atoms with E-state index in [0.717, 1.165) is 47.4 Å². The van der Waals surface area contributed by atoms with Crippen molar-refractivity contribution in [1.29, 1.82) is 0 Å². The quantitative estimate of drug-likeness (QED) is 0.463. The standard InChI is InChI=1S/C17H17FN6S/c18-12-3-4-14-11(8-20-15(14)7-12)6-16-22-23-17(25)24(16)5-1-2-13-9-19-10-21-13/h3-4,7-10,20H,1-2,5-6H2,(H,19,21)(H,23,25). The van der Waals surface area contributed by atoms with E-state index in [2.05, 4.69) is 25.1 Å². The molecule has 25 heavy (non-hydrogen) atoms. The molecule has 0 amide bonds. The van der Waals surface area contributed by atoms with Gasteiger partial charge in [-0.2, -0.15) is 5.10 Å². The third-order valence-electron chi connectivity index (χ3n) is 4.30. The van der Waals surface area contributed by atoms with E-state index in [4.69, 9.17) is 12.2 Å². The first-order valence-corrected chi connectivity index (χ1v) is 8.48. The van der Waals surface area contributed by atoms with Gasteiger partial charge in [-0.15, -0.1) is 0 Å². The topological polar surface area (TPSA) is 78.1 Å². The molecule has 0 aliphatic heterocycles. The summed E-state index contributed by atoms with van der Waals surface area (Å²) < 4.78 is 16.0. The highest BCUT2D eigenvalue weighted by Gasteiger charge is 2.11. The number of aromatic amines is 3. The van der Waals surface area contributed by atoms with Crippen molar-refractivity contribution in [2.75, 3.05) is 0 Å². The number of H-pyrrole nitrogens is 3. The fraction of sp³-hybridized carbons (Fsp3) is 0.235. The van der Waals surface area contributed by atoms with Crippen molar-refractivity contribution in [3.63, 3.8) is 0 Å². The third kappa shape index (κ3) is 3.25. The summed E-state index contributed by atoms with van der Waals surface area (Å²) in [5.41, 5.74) is 2.96. The van der Waals surface area contributed by atoms with Crippen LogP contribution in [0.15, 0.2) is 36.9 Å². The van der Waals surface area contributed by atoms with E-state index in [9.17, 15) is 4.39 Å². The minimum atomic E-state index is -0.248. The Balaban J connectivity index is 1.53. The Bertz CT molecular complexity index is 1040. The van der Waals surface area contributed by atoms with Crippen LogP contribution in [0.5, 0.6) is 0 Å². The van der Waals surface area contributed by atoms with Crippen LogP contribution in [-0.4, -0.2) is 29.7 Å². The summed E-state index contributed by atoms with van der Waals surface area (Å²) in [6, 6.07) is 4.77. The number of rotatable bonds is 6. The normalized spacial score (nSPS) is 11.4. The summed E-state index contributed by atoms with van der Waals surface area (Å²) in [7, 11) is 0. The number of aryl methyl sites for hydroxylation is 1. The highest BCUT2D eigenvalue weighted by Crippen LogP contribution is 2.21. The zero-order valence-corrected chi connectivity index (χ0v) is 14.2. The van der Waals surface area contributed by atoms with E-state index in [1.54, 1.807) is 12.4 Å². The van der Waals surface area contributed by atoms with E-state index in [-0.39, 0.29) is 5.82 Å². The van der Waals surface area contributed by atoms with E-state index in [1.165, 1.54) is 12.1 Å². The van der Waals surface area contributed by atoms with Crippen molar-refractivity contribution in [1.82, 2.24) is 29.7 Å². The van der Waals surface area contributed by atoms with Crippen molar-refractivity contribution >= 4 is 23.1 Å². The molecule has 3 heterocycles. The lowest BCUT2D eigenvalue weighted by molar-refractivity contribution is 0.608. The Morgan fingerprint density at radius 2 is 2.16 bits per heavy atom. The van der Waals surface area contributed by atoms with Crippen LogP contribution in [0.25, 0.3) is 10.9 Å². The van der Waals surface area contributed by atoms with E-state index in [1.807, 2.05) is 17.0 Å². The first kappa shape index (κ1) is 15.8. The lowest BCUT2D eigenvalue weighted by Crippen LogP contribution is -2.06. The van der Waals surface area contributed by atoms with Crippen molar-refractivity contribution < 1.29 is 4.39 Å².